The van der Waals surface area contributed by atoms with Gasteiger partial charge in [0.15, 0.2) is 0 Å². The van der Waals surface area contributed by atoms with Crippen LogP contribution in [0.4, 0.5) is 0 Å². The highest BCUT2D eigenvalue weighted by atomic mass is 16.2. The van der Waals surface area contributed by atoms with Crippen molar-refractivity contribution >= 4 is 11.8 Å². The van der Waals surface area contributed by atoms with Crippen molar-refractivity contribution in [2.24, 2.45) is 11.7 Å². The standard InChI is InChI=1S/C21H31N3O2/c22-12-13-23-20(25)19-7-4-14-24(15-19)21(26)18-10-8-17(9-11-18)16-5-2-1-3-6-16/h8-11,16,19H,1-7,12-15,22H2,(H,23,25). The molecule has 0 spiro atoms. The molecule has 0 aromatic heterocycles. The van der Waals surface area contributed by atoms with Gasteiger partial charge in [0.2, 0.25) is 5.91 Å². The first kappa shape index (κ1) is 18.9. The number of nitrogens with one attached hydrogen (secondary N) is 1. The maximum atomic E-state index is 12.8. The third-order valence-corrected chi connectivity index (χ3v) is 5.76. The highest BCUT2D eigenvalue weighted by Crippen LogP contribution is 2.32. The lowest BCUT2D eigenvalue weighted by Gasteiger charge is -2.32. The molecule has 142 valence electrons. The zero-order chi connectivity index (χ0) is 18.4. The molecule has 3 rings (SSSR count). The maximum absolute atomic E-state index is 12.8. The van der Waals surface area contributed by atoms with E-state index in [0.29, 0.717) is 25.6 Å². The lowest BCUT2D eigenvalue weighted by Crippen LogP contribution is -2.46. The largest absolute Gasteiger partial charge is 0.355 e. The van der Waals surface area contributed by atoms with Gasteiger partial charge in [-0.05, 0) is 49.3 Å². The van der Waals surface area contributed by atoms with Crippen molar-refractivity contribution in [3.8, 4) is 0 Å². The molecule has 3 N–H and O–H groups in total. The predicted octanol–water partition coefficient (Wildman–Crippen LogP) is 2.66. The van der Waals surface area contributed by atoms with Crippen LogP contribution in [-0.4, -0.2) is 42.9 Å². The summed E-state index contributed by atoms with van der Waals surface area (Å²) in [5.74, 6) is 0.580. The Kier molecular flexibility index (Phi) is 6.67. The molecule has 1 aliphatic carbocycles. The van der Waals surface area contributed by atoms with E-state index in [2.05, 4.69) is 17.4 Å². The van der Waals surface area contributed by atoms with Crippen LogP contribution in [-0.2, 0) is 4.79 Å². The van der Waals surface area contributed by atoms with E-state index in [9.17, 15) is 9.59 Å². The zero-order valence-electron chi connectivity index (χ0n) is 15.6. The number of amides is 2. The molecule has 26 heavy (non-hydrogen) atoms. The number of carbonyl (C=O) groups excluding carboxylic acids is 2. The van der Waals surface area contributed by atoms with E-state index in [-0.39, 0.29) is 17.7 Å². The van der Waals surface area contributed by atoms with Gasteiger partial charge in [-0.1, -0.05) is 31.4 Å². The lowest BCUT2D eigenvalue weighted by molar-refractivity contribution is -0.126. The fourth-order valence-corrected chi connectivity index (χ4v) is 4.23. The summed E-state index contributed by atoms with van der Waals surface area (Å²) in [5, 5.41) is 2.84. The summed E-state index contributed by atoms with van der Waals surface area (Å²) in [5.41, 5.74) is 7.53. The first-order chi connectivity index (χ1) is 12.7. The summed E-state index contributed by atoms with van der Waals surface area (Å²) in [4.78, 5) is 26.8. The first-order valence-electron chi connectivity index (χ1n) is 10.1. The average molecular weight is 357 g/mol. The van der Waals surface area contributed by atoms with E-state index in [1.54, 1.807) is 0 Å². The highest BCUT2D eigenvalue weighted by molar-refractivity contribution is 5.94. The number of hydrogen-bond acceptors (Lipinski definition) is 3. The minimum absolute atomic E-state index is 0.0144. The summed E-state index contributed by atoms with van der Waals surface area (Å²) in [7, 11) is 0. The number of carbonyl (C=O) groups is 2. The summed E-state index contributed by atoms with van der Waals surface area (Å²) >= 11 is 0. The second kappa shape index (κ2) is 9.17. The van der Waals surface area contributed by atoms with E-state index in [1.165, 1.54) is 37.7 Å². The van der Waals surface area contributed by atoms with E-state index in [1.807, 2.05) is 17.0 Å². The molecule has 5 heteroatoms. The van der Waals surface area contributed by atoms with Crippen LogP contribution in [0.25, 0.3) is 0 Å². The van der Waals surface area contributed by atoms with Gasteiger partial charge in [-0.25, -0.2) is 0 Å². The SMILES string of the molecule is NCCNC(=O)C1CCCN(C(=O)c2ccc(C3CCCCC3)cc2)C1. The van der Waals surface area contributed by atoms with Crippen molar-refractivity contribution in [1.29, 1.82) is 0 Å². The number of rotatable bonds is 5. The second-order valence-electron chi connectivity index (χ2n) is 7.63. The molecule has 1 aliphatic heterocycles. The molecule has 2 aliphatic rings. The summed E-state index contributed by atoms with van der Waals surface area (Å²) in [6, 6.07) is 8.17. The van der Waals surface area contributed by atoms with Crippen LogP contribution >= 0.6 is 0 Å². The molecule has 1 heterocycles. The third kappa shape index (κ3) is 4.64. The number of piperidine rings is 1. The van der Waals surface area contributed by atoms with Crippen molar-refractivity contribution in [1.82, 2.24) is 10.2 Å². The predicted molar refractivity (Wildman–Crippen MR) is 103 cm³/mol. The van der Waals surface area contributed by atoms with Crippen LogP contribution in [0.3, 0.4) is 0 Å². The van der Waals surface area contributed by atoms with E-state index >= 15 is 0 Å². The normalized spacial score (nSPS) is 21.4. The van der Waals surface area contributed by atoms with Crippen LogP contribution < -0.4 is 11.1 Å². The van der Waals surface area contributed by atoms with Crippen molar-refractivity contribution in [2.75, 3.05) is 26.2 Å². The minimum Gasteiger partial charge on any atom is -0.355 e. The van der Waals surface area contributed by atoms with E-state index < -0.39 is 0 Å². The molecule has 5 nitrogen and oxygen atoms in total. The van der Waals surface area contributed by atoms with E-state index in [4.69, 9.17) is 5.73 Å². The van der Waals surface area contributed by atoms with Crippen LogP contribution in [0.5, 0.6) is 0 Å². The van der Waals surface area contributed by atoms with Crippen LogP contribution in [0, 0.1) is 5.92 Å². The number of benzene rings is 1. The molecule has 1 saturated heterocycles. The maximum Gasteiger partial charge on any atom is 0.253 e. The van der Waals surface area contributed by atoms with Gasteiger partial charge in [-0.15, -0.1) is 0 Å². The molecule has 0 bridgehead atoms. The Labute approximate surface area is 156 Å². The number of hydrogen-bond donors (Lipinski definition) is 2. The van der Waals surface area contributed by atoms with Gasteiger partial charge in [-0.2, -0.15) is 0 Å². The monoisotopic (exact) mass is 357 g/mol. The minimum atomic E-state index is -0.124. The molecule has 2 fully saturated rings. The van der Waals surface area contributed by atoms with Gasteiger partial charge < -0.3 is 16.0 Å². The Morgan fingerprint density at radius 3 is 2.46 bits per heavy atom. The quantitative estimate of drug-likeness (QED) is 0.851. The third-order valence-electron chi connectivity index (χ3n) is 5.76. The van der Waals surface area contributed by atoms with Gasteiger partial charge >= 0.3 is 0 Å². The topological polar surface area (TPSA) is 75.4 Å². The molecule has 1 unspecified atom stereocenters. The Morgan fingerprint density at radius 1 is 1.04 bits per heavy atom. The Balaban J connectivity index is 1.60. The molecule has 2 amide bonds. The lowest BCUT2D eigenvalue weighted by atomic mass is 9.84. The van der Waals surface area contributed by atoms with Crippen molar-refractivity contribution in [2.45, 2.75) is 50.9 Å². The summed E-state index contributed by atoms with van der Waals surface area (Å²) < 4.78 is 0. The van der Waals surface area contributed by atoms with Gasteiger partial charge in [0.05, 0.1) is 5.92 Å². The van der Waals surface area contributed by atoms with Crippen LogP contribution in [0.1, 0.15) is 66.8 Å². The second-order valence-corrected chi connectivity index (χ2v) is 7.63. The highest BCUT2D eigenvalue weighted by Gasteiger charge is 2.28. The molecule has 1 aromatic carbocycles. The molecular weight excluding hydrogens is 326 g/mol. The Morgan fingerprint density at radius 2 is 1.77 bits per heavy atom. The fraction of sp³-hybridized carbons (Fsp3) is 0.619. The average Bonchev–Trinajstić information content (AvgIpc) is 2.72. The number of likely N-dealkylation sites (tertiary alicyclic amines) is 1. The molecular formula is C21H31N3O2. The van der Waals surface area contributed by atoms with Gasteiger partial charge in [0.1, 0.15) is 0 Å². The molecule has 1 saturated carbocycles. The van der Waals surface area contributed by atoms with Gasteiger partial charge in [0.25, 0.3) is 5.91 Å². The first-order valence-corrected chi connectivity index (χ1v) is 10.1. The van der Waals surface area contributed by atoms with Gasteiger partial charge in [-0.3, -0.25) is 9.59 Å². The van der Waals surface area contributed by atoms with Crippen molar-refractivity contribution in [3.63, 3.8) is 0 Å². The van der Waals surface area contributed by atoms with Crippen molar-refractivity contribution in [3.05, 3.63) is 35.4 Å². The molecule has 1 atom stereocenters. The smallest absolute Gasteiger partial charge is 0.253 e. The Hall–Kier alpha value is -1.88. The molecule has 1 aromatic rings. The van der Waals surface area contributed by atoms with Crippen molar-refractivity contribution < 1.29 is 9.59 Å². The fourth-order valence-electron chi connectivity index (χ4n) is 4.23. The Bertz CT molecular complexity index is 608. The zero-order valence-corrected chi connectivity index (χ0v) is 15.6. The molecule has 0 radical (unpaired) electrons. The van der Waals surface area contributed by atoms with Crippen LogP contribution in [0.2, 0.25) is 0 Å². The number of nitrogens with two attached hydrogens (primary N) is 1. The van der Waals surface area contributed by atoms with Gasteiger partial charge in [0, 0.05) is 31.7 Å². The number of nitrogens with zero attached hydrogens (tertiary/aromatic N) is 1. The summed E-state index contributed by atoms with van der Waals surface area (Å²) in [6.07, 6.45) is 8.20. The van der Waals surface area contributed by atoms with Crippen LogP contribution in [0.15, 0.2) is 24.3 Å². The summed E-state index contributed by atoms with van der Waals surface area (Å²) in [6.45, 7) is 2.16. The van der Waals surface area contributed by atoms with E-state index in [0.717, 1.165) is 24.9 Å².